The molecule has 0 radical (unpaired) electrons. The Kier molecular flexibility index (Phi) is 3.42. The van der Waals surface area contributed by atoms with Crippen LogP contribution in [0.2, 0.25) is 0 Å². The van der Waals surface area contributed by atoms with E-state index in [1.54, 1.807) is 11.3 Å². The number of amides is 1. The summed E-state index contributed by atoms with van der Waals surface area (Å²) >= 11 is 1.73. The third-order valence-corrected chi connectivity index (χ3v) is 8.88. The number of nitrogens with zero attached hydrogens (tertiary/aromatic N) is 2. The first-order chi connectivity index (χ1) is 13.1. The highest BCUT2D eigenvalue weighted by Crippen LogP contribution is 2.60. The van der Waals surface area contributed by atoms with E-state index in [1.807, 2.05) is 0 Å². The molecular formula is C23H26N2OS. The molecule has 0 atom stereocenters. The molecule has 27 heavy (non-hydrogen) atoms. The van der Waals surface area contributed by atoms with Gasteiger partial charge in [-0.1, -0.05) is 24.3 Å². The summed E-state index contributed by atoms with van der Waals surface area (Å²) in [4.78, 5) is 20.5. The molecule has 0 aliphatic heterocycles. The lowest BCUT2D eigenvalue weighted by Gasteiger charge is -2.55. The van der Waals surface area contributed by atoms with Gasteiger partial charge in [0.25, 0.3) is 5.91 Å². The maximum atomic E-state index is 13.4. The number of benzene rings is 1. The summed E-state index contributed by atoms with van der Waals surface area (Å²) in [6, 6.07) is 8.68. The normalized spacial score (nSPS) is 33.8. The predicted octanol–water partition coefficient (Wildman–Crippen LogP) is 4.50. The van der Waals surface area contributed by atoms with Crippen LogP contribution in [0.3, 0.4) is 0 Å². The number of rotatable bonds is 1. The van der Waals surface area contributed by atoms with Crippen LogP contribution in [0, 0.1) is 23.2 Å². The van der Waals surface area contributed by atoms with E-state index in [2.05, 4.69) is 35.9 Å². The first-order valence-electron chi connectivity index (χ1n) is 10.5. The molecule has 4 saturated carbocycles. The summed E-state index contributed by atoms with van der Waals surface area (Å²) in [7, 11) is 2.09. The minimum Gasteiger partial charge on any atom is -0.319 e. The topological polar surface area (TPSA) is 34.4 Å². The molecule has 2 aromatic rings. The van der Waals surface area contributed by atoms with Crippen molar-refractivity contribution < 1.29 is 4.79 Å². The van der Waals surface area contributed by atoms with Gasteiger partial charge in [-0.15, -0.1) is 11.3 Å². The van der Waals surface area contributed by atoms with Crippen molar-refractivity contribution in [2.24, 2.45) is 35.2 Å². The fourth-order valence-corrected chi connectivity index (χ4v) is 8.03. The molecule has 1 aromatic carbocycles. The second kappa shape index (κ2) is 5.66. The molecule has 0 spiro atoms. The van der Waals surface area contributed by atoms with E-state index in [4.69, 9.17) is 4.99 Å². The molecule has 0 unspecified atom stereocenters. The van der Waals surface area contributed by atoms with Crippen LogP contribution in [0.5, 0.6) is 0 Å². The van der Waals surface area contributed by atoms with Crippen LogP contribution in [0.15, 0.2) is 29.3 Å². The van der Waals surface area contributed by atoms with Crippen LogP contribution in [-0.2, 0) is 24.7 Å². The van der Waals surface area contributed by atoms with E-state index in [0.29, 0.717) is 0 Å². The Bertz CT molecular complexity index is 976. The summed E-state index contributed by atoms with van der Waals surface area (Å²) in [6.45, 7) is 0. The summed E-state index contributed by atoms with van der Waals surface area (Å²) < 4.78 is 2.18. The van der Waals surface area contributed by atoms with Crippen molar-refractivity contribution in [1.82, 2.24) is 4.57 Å². The fraction of sp³-hybridized carbons (Fsp3) is 0.565. The Labute approximate surface area is 164 Å². The molecule has 0 saturated heterocycles. The van der Waals surface area contributed by atoms with Gasteiger partial charge in [0.15, 0.2) is 4.80 Å². The fourth-order valence-electron chi connectivity index (χ4n) is 6.90. The summed E-state index contributed by atoms with van der Waals surface area (Å²) in [6.07, 6.45) is 9.54. The van der Waals surface area contributed by atoms with Gasteiger partial charge in [0.05, 0.1) is 11.1 Å². The number of hydrogen-bond donors (Lipinski definition) is 0. The quantitative estimate of drug-likeness (QED) is 0.720. The highest BCUT2D eigenvalue weighted by Gasteiger charge is 2.54. The molecule has 4 bridgehead atoms. The van der Waals surface area contributed by atoms with Gasteiger partial charge in [0.1, 0.15) is 0 Å². The third kappa shape index (κ3) is 2.38. The van der Waals surface area contributed by atoms with Crippen LogP contribution in [-0.4, -0.2) is 10.5 Å². The minimum atomic E-state index is -0.135. The van der Waals surface area contributed by atoms with Crippen molar-refractivity contribution in [3.8, 4) is 11.3 Å². The molecule has 5 aliphatic carbocycles. The van der Waals surface area contributed by atoms with E-state index in [-0.39, 0.29) is 11.3 Å². The second-order valence-electron chi connectivity index (χ2n) is 9.49. The maximum absolute atomic E-state index is 13.4. The third-order valence-electron chi connectivity index (χ3n) is 7.68. The molecule has 4 heteroatoms. The van der Waals surface area contributed by atoms with Gasteiger partial charge in [-0.25, -0.2) is 0 Å². The van der Waals surface area contributed by atoms with Gasteiger partial charge < -0.3 is 4.57 Å². The van der Waals surface area contributed by atoms with Crippen molar-refractivity contribution in [1.29, 1.82) is 0 Å². The molecule has 1 heterocycles. The lowest BCUT2D eigenvalue weighted by Crippen LogP contribution is -2.49. The molecular weight excluding hydrogens is 352 g/mol. The Balaban J connectivity index is 1.41. The van der Waals surface area contributed by atoms with E-state index in [9.17, 15) is 4.79 Å². The lowest BCUT2D eigenvalue weighted by atomic mass is 9.49. The molecule has 1 aromatic heterocycles. The summed E-state index contributed by atoms with van der Waals surface area (Å²) in [5.74, 6) is 2.54. The number of fused-ring (bicyclic) bond motifs is 3. The smallest absolute Gasteiger partial charge is 0.254 e. The Morgan fingerprint density at radius 1 is 1.07 bits per heavy atom. The summed E-state index contributed by atoms with van der Waals surface area (Å²) in [5.41, 5.74) is 3.88. The maximum Gasteiger partial charge on any atom is 0.254 e. The monoisotopic (exact) mass is 378 g/mol. The number of aromatic nitrogens is 1. The standard InChI is InChI=1S/C23H26N2OS/c1-25-20-18-5-3-2-4-17(18)6-7-19(20)27-22(25)24-21(26)23-11-14-8-15(12-23)10-16(9-14)13-23/h2-5,14-16H,6-13H2,1H3. The van der Waals surface area contributed by atoms with E-state index in [0.717, 1.165) is 54.7 Å². The number of thiazole rings is 1. The molecule has 1 amide bonds. The van der Waals surface area contributed by atoms with Gasteiger partial charge in [-0.2, -0.15) is 4.99 Å². The van der Waals surface area contributed by atoms with Crippen molar-refractivity contribution in [2.75, 3.05) is 0 Å². The van der Waals surface area contributed by atoms with Gasteiger partial charge in [-0.3, -0.25) is 4.79 Å². The number of carbonyl (C=O) groups is 1. The molecule has 4 fully saturated rings. The van der Waals surface area contributed by atoms with Crippen LogP contribution in [0.25, 0.3) is 11.3 Å². The second-order valence-corrected chi connectivity index (χ2v) is 10.5. The number of carbonyl (C=O) groups excluding carboxylic acids is 1. The van der Waals surface area contributed by atoms with Crippen LogP contribution < -0.4 is 4.80 Å². The van der Waals surface area contributed by atoms with E-state index in [1.165, 1.54) is 41.0 Å². The van der Waals surface area contributed by atoms with Crippen molar-refractivity contribution in [2.45, 2.75) is 51.4 Å². The number of aryl methyl sites for hydroxylation is 2. The lowest BCUT2D eigenvalue weighted by molar-refractivity contribution is -0.142. The predicted molar refractivity (Wildman–Crippen MR) is 107 cm³/mol. The molecule has 5 aliphatic rings. The zero-order valence-corrected chi connectivity index (χ0v) is 16.7. The Morgan fingerprint density at radius 3 is 2.44 bits per heavy atom. The van der Waals surface area contributed by atoms with Crippen molar-refractivity contribution >= 4 is 17.2 Å². The van der Waals surface area contributed by atoms with Gasteiger partial charge in [0, 0.05) is 17.5 Å². The Morgan fingerprint density at radius 2 is 1.74 bits per heavy atom. The van der Waals surface area contributed by atoms with E-state index < -0.39 is 0 Å². The molecule has 0 N–H and O–H groups in total. The zero-order valence-electron chi connectivity index (χ0n) is 15.9. The Hall–Kier alpha value is -1.68. The minimum absolute atomic E-state index is 0.135. The average Bonchev–Trinajstić information content (AvgIpc) is 2.97. The molecule has 140 valence electrons. The van der Waals surface area contributed by atoms with Crippen LogP contribution >= 0.6 is 11.3 Å². The van der Waals surface area contributed by atoms with Crippen molar-refractivity contribution in [3.63, 3.8) is 0 Å². The highest BCUT2D eigenvalue weighted by molar-refractivity contribution is 7.09. The highest BCUT2D eigenvalue weighted by atomic mass is 32.1. The first kappa shape index (κ1) is 16.3. The van der Waals surface area contributed by atoms with Gasteiger partial charge in [0.2, 0.25) is 0 Å². The zero-order chi connectivity index (χ0) is 18.2. The molecule has 3 nitrogen and oxygen atoms in total. The van der Waals surface area contributed by atoms with Gasteiger partial charge in [-0.05, 0) is 74.7 Å². The average molecular weight is 379 g/mol. The van der Waals surface area contributed by atoms with E-state index >= 15 is 0 Å². The van der Waals surface area contributed by atoms with Crippen LogP contribution in [0.1, 0.15) is 49.0 Å². The van der Waals surface area contributed by atoms with Crippen molar-refractivity contribution in [3.05, 3.63) is 39.5 Å². The van der Waals surface area contributed by atoms with Gasteiger partial charge >= 0.3 is 0 Å². The summed E-state index contributed by atoms with van der Waals surface area (Å²) in [5, 5.41) is 0. The number of hydrogen-bond acceptors (Lipinski definition) is 2. The first-order valence-corrected chi connectivity index (χ1v) is 11.3. The molecule has 7 rings (SSSR count). The SMILES string of the molecule is Cn1c2c(sc1=NC(=O)C13CC4CC(CC(C4)C1)C3)CCc1ccccc1-2. The largest absolute Gasteiger partial charge is 0.319 e. The van der Waals surface area contributed by atoms with Crippen LogP contribution in [0.4, 0.5) is 0 Å².